The van der Waals surface area contributed by atoms with Crippen molar-refractivity contribution in [2.24, 2.45) is 0 Å². The molecule has 1 aromatic heterocycles. The lowest BCUT2D eigenvalue weighted by molar-refractivity contribution is -0.120. The van der Waals surface area contributed by atoms with Crippen molar-refractivity contribution in [1.82, 2.24) is 5.32 Å². The molecule has 108 valence electrons. The first kappa shape index (κ1) is 14.2. The van der Waals surface area contributed by atoms with Gasteiger partial charge in [-0.3, -0.25) is 9.59 Å². The summed E-state index contributed by atoms with van der Waals surface area (Å²) in [5, 5.41) is 7.72. The fourth-order valence-corrected chi connectivity index (χ4v) is 3.57. The van der Waals surface area contributed by atoms with E-state index in [1.165, 1.54) is 11.8 Å². The Morgan fingerprint density at radius 2 is 2.24 bits per heavy atom. The molecule has 6 heteroatoms. The Hall–Kier alpha value is -1.79. The standard InChI is InChI=1S/C15H14N2O2S2/c18-14(7-11-2-1-5-20-11)16-8-10-3-4-13-12(6-10)17-15(19)9-21-13/h1-6H,7-9H2,(H,16,18)(H,17,19). The van der Waals surface area contributed by atoms with Gasteiger partial charge in [0.15, 0.2) is 0 Å². The number of carbonyl (C=O) groups excluding carboxylic acids is 2. The number of rotatable bonds is 4. The third kappa shape index (κ3) is 3.65. The van der Waals surface area contributed by atoms with E-state index in [9.17, 15) is 9.59 Å². The van der Waals surface area contributed by atoms with E-state index < -0.39 is 0 Å². The molecular weight excluding hydrogens is 304 g/mol. The molecule has 0 unspecified atom stereocenters. The van der Waals surface area contributed by atoms with Gasteiger partial charge >= 0.3 is 0 Å². The zero-order valence-corrected chi connectivity index (χ0v) is 12.9. The maximum absolute atomic E-state index is 11.8. The predicted octanol–water partition coefficient (Wildman–Crippen LogP) is 2.65. The van der Waals surface area contributed by atoms with Crippen molar-refractivity contribution in [3.63, 3.8) is 0 Å². The van der Waals surface area contributed by atoms with Crippen LogP contribution in [0.2, 0.25) is 0 Å². The van der Waals surface area contributed by atoms with Gasteiger partial charge in [-0.15, -0.1) is 23.1 Å². The van der Waals surface area contributed by atoms with Crippen LogP contribution in [0, 0.1) is 0 Å². The molecule has 3 rings (SSSR count). The molecule has 0 radical (unpaired) electrons. The van der Waals surface area contributed by atoms with E-state index in [4.69, 9.17) is 0 Å². The second-order valence-corrected chi connectivity index (χ2v) is 6.75. The SMILES string of the molecule is O=C(Cc1cccs1)NCc1ccc2c(c1)NC(=O)CS2. The van der Waals surface area contributed by atoms with E-state index >= 15 is 0 Å². The van der Waals surface area contributed by atoms with E-state index in [-0.39, 0.29) is 11.8 Å². The molecule has 0 aliphatic carbocycles. The molecule has 4 nitrogen and oxygen atoms in total. The molecule has 0 fully saturated rings. The van der Waals surface area contributed by atoms with E-state index in [0.29, 0.717) is 18.7 Å². The van der Waals surface area contributed by atoms with Crippen molar-refractivity contribution in [1.29, 1.82) is 0 Å². The molecule has 0 atom stereocenters. The smallest absolute Gasteiger partial charge is 0.234 e. The summed E-state index contributed by atoms with van der Waals surface area (Å²) < 4.78 is 0. The zero-order chi connectivity index (χ0) is 14.7. The molecule has 1 aliphatic heterocycles. The number of nitrogens with one attached hydrogen (secondary N) is 2. The van der Waals surface area contributed by atoms with Crippen LogP contribution in [0.4, 0.5) is 5.69 Å². The Bertz CT molecular complexity index is 668. The monoisotopic (exact) mass is 318 g/mol. The molecule has 0 saturated heterocycles. The summed E-state index contributed by atoms with van der Waals surface area (Å²) in [4.78, 5) is 25.4. The number of thioether (sulfide) groups is 1. The lowest BCUT2D eigenvalue weighted by Gasteiger charge is -2.17. The topological polar surface area (TPSA) is 58.2 Å². The van der Waals surface area contributed by atoms with Gasteiger partial charge in [-0.05, 0) is 29.1 Å². The van der Waals surface area contributed by atoms with Crippen LogP contribution in [0.5, 0.6) is 0 Å². The zero-order valence-electron chi connectivity index (χ0n) is 11.2. The van der Waals surface area contributed by atoms with Crippen molar-refractivity contribution in [3.8, 4) is 0 Å². The van der Waals surface area contributed by atoms with Gasteiger partial charge in [-0.2, -0.15) is 0 Å². The van der Waals surface area contributed by atoms with Crippen molar-refractivity contribution in [2.45, 2.75) is 17.9 Å². The molecule has 2 aromatic rings. The Morgan fingerprint density at radius 1 is 1.33 bits per heavy atom. The van der Waals surface area contributed by atoms with Crippen molar-refractivity contribution in [2.75, 3.05) is 11.1 Å². The molecule has 21 heavy (non-hydrogen) atoms. The number of hydrogen-bond donors (Lipinski definition) is 2. The number of carbonyl (C=O) groups is 2. The summed E-state index contributed by atoms with van der Waals surface area (Å²) in [6, 6.07) is 9.78. The summed E-state index contributed by atoms with van der Waals surface area (Å²) in [5.41, 5.74) is 1.82. The van der Waals surface area contributed by atoms with Gasteiger partial charge in [0, 0.05) is 16.3 Å². The van der Waals surface area contributed by atoms with Crippen LogP contribution in [-0.2, 0) is 22.6 Å². The highest BCUT2D eigenvalue weighted by Gasteiger charge is 2.15. The molecule has 2 N–H and O–H groups in total. The van der Waals surface area contributed by atoms with Gasteiger partial charge in [0.2, 0.25) is 11.8 Å². The summed E-state index contributed by atoms with van der Waals surface area (Å²) in [6.45, 7) is 0.470. The minimum atomic E-state index is 0.00795. The van der Waals surface area contributed by atoms with Gasteiger partial charge in [0.25, 0.3) is 0 Å². The first-order valence-corrected chi connectivity index (χ1v) is 8.42. The van der Waals surface area contributed by atoms with Gasteiger partial charge in [-0.25, -0.2) is 0 Å². The first-order valence-electron chi connectivity index (χ1n) is 6.55. The largest absolute Gasteiger partial charge is 0.352 e. The lowest BCUT2D eigenvalue weighted by atomic mass is 10.2. The maximum atomic E-state index is 11.8. The van der Waals surface area contributed by atoms with Crippen LogP contribution in [0.1, 0.15) is 10.4 Å². The molecule has 1 aromatic carbocycles. The number of anilines is 1. The summed E-state index contributed by atoms with van der Waals surface area (Å²) in [5.74, 6) is 0.490. The van der Waals surface area contributed by atoms with Crippen LogP contribution < -0.4 is 10.6 Å². The van der Waals surface area contributed by atoms with Crippen LogP contribution in [0.25, 0.3) is 0 Å². The van der Waals surface area contributed by atoms with Gasteiger partial charge in [-0.1, -0.05) is 12.1 Å². The Labute approximate surface area is 130 Å². The minimum Gasteiger partial charge on any atom is -0.352 e. The Balaban J connectivity index is 1.59. The number of fused-ring (bicyclic) bond motifs is 1. The molecule has 0 saturated carbocycles. The summed E-state index contributed by atoms with van der Waals surface area (Å²) in [6.07, 6.45) is 0.412. The van der Waals surface area contributed by atoms with E-state index in [1.807, 2.05) is 35.7 Å². The number of hydrogen-bond acceptors (Lipinski definition) is 4. The van der Waals surface area contributed by atoms with Crippen LogP contribution in [-0.4, -0.2) is 17.6 Å². The van der Waals surface area contributed by atoms with E-state index in [0.717, 1.165) is 21.0 Å². The molecule has 2 amide bonds. The van der Waals surface area contributed by atoms with Crippen molar-refractivity contribution >= 4 is 40.6 Å². The van der Waals surface area contributed by atoms with E-state index in [1.54, 1.807) is 11.3 Å². The first-order chi connectivity index (χ1) is 10.2. The third-order valence-corrected chi connectivity index (χ3v) is 5.03. The Kier molecular flexibility index (Phi) is 4.26. The van der Waals surface area contributed by atoms with Gasteiger partial charge < -0.3 is 10.6 Å². The van der Waals surface area contributed by atoms with Crippen molar-refractivity contribution < 1.29 is 9.59 Å². The summed E-state index contributed by atoms with van der Waals surface area (Å²) >= 11 is 3.12. The minimum absolute atomic E-state index is 0.00795. The highest BCUT2D eigenvalue weighted by Crippen LogP contribution is 2.31. The quantitative estimate of drug-likeness (QED) is 0.911. The van der Waals surface area contributed by atoms with Crippen LogP contribution >= 0.6 is 23.1 Å². The molecule has 0 bridgehead atoms. The van der Waals surface area contributed by atoms with Gasteiger partial charge in [0.1, 0.15) is 0 Å². The highest BCUT2D eigenvalue weighted by molar-refractivity contribution is 8.00. The van der Waals surface area contributed by atoms with Gasteiger partial charge in [0.05, 0.1) is 17.9 Å². The molecule has 1 aliphatic rings. The highest BCUT2D eigenvalue weighted by atomic mass is 32.2. The van der Waals surface area contributed by atoms with Crippen LogP contribution in [0.3, 0.4) is 0 Å². The maximum Gasteiger partial charge on any atom is 0.234 e. The molecular formula is C15H14N2O2S2. The van der Waals surface area contributed by atoms with E-state index in [2.05, 4.69) is 10.6 Å². The second kappa shape index (κ2) is 6.32. The second-order valence-electron chi connectivity index (χ2n) is 4.70. The molecule has 2 heterocycles. The summed E-state index contributed by atoms with van der Waals surface area (Å²) in [7, 11) is 0. The normalized spacial score (nSPS) is 13.4. The third-order valence-electron chi connectivity index (χ3n) is 3.08. The number of thiophene rings is 1. The number of amides is 2. The van der Waals surface area contributed by atoms with Crippen molar-refractivity contribution in [3.05, 3.63) is 46.2 Å². The Morgan fingerprint density at radius 3 is 3.05 bits per heavy atom. The lowest BCUT2D eigenvalue weighted by Crippen LogP contribution is -2.24. The van der Waals surface area contributed by atoms with Crippen LogP contribution in [0.15, 0.2) is 40.6 Å². The average Bonchev–Trinajstić information content (AvgIpc) is 2.97. The fraction of sp³-hybridized carbons (Fsp3) is 0.200. The number of benzene rings is 1. The molecule has 0 spiro atoms. The fourth-order valence-electron chi connectivity index (χ4n) is 2.07. The average molecular weight is 318 g/mol. The predicted molar refractivity (Wildman–Crippen MR) is 85.7 cm³/mol.